The van der Waals surface area contributed by atoms with Crippen LogP contribution in [0.25, 0.3) is 6.08 Å². The van der Waals surface area contributed by atoms with Crippen molar-refractivity contribution >= 4 is 17.7 Å². The van der Waals surface area contributed by atoms with Gasteiger partial charge in [-0.15, -0.1) is 0 Å². The normalized spacial score (nSPS) is 10.8. The number of halogens is 1. The Morgan fingerprint density at radius 1 is 1.50 bits per heavy atom. The van der Waals surface area contributed by atoms with Crippen molar-refractivity contribution in [1.82, 2.24) is 0 Å². The van der Waals surface area contributed by atoms with Crippen LogP contribution in [0, 0.1) is 0 Å². The van der Waals surface area contributed by atoms with Crippen LogP contribution < -0.4 is 4.74 Å². The highest BCUT2D eigenvalue weighted by atomic mass is 35.5. The highest BCUT2D eigenvalue weighted by Gasteiger charge is 2.00. The van der Waals surface area contributed by atoms with E-state index in [-0.39, 0.29) is 6.61 Å². The second-order valence-corrected chi connectivity index (χ2v) is 3.14. The van der Waals surface area contributed by atoms with Gasteiger partial charge in [-0.25, -0.2) is 0 Å². The van der Waals surface area contributed by atoms with Crippen molar-refractivity contribution in [2.45, 2.75) is 6.92 Å². The second-order valence-electron chi connectivity index (χ2n) is 2.70. The number of ether oxygens (including phenoxy) is 1. The largest absolute Gasteiger partial charge is 0.493 e. The predicted octanol–water partition coefficient (Wildman–Crippen LogP) is 2.74. The van der Waals surface area contributed by atoms with Gasteiger partial charge in [0.05, 0.1) is 13.2 Å². The molecule has 0 spiro atoms. The van der Waals surface area contributed by atoms with Gasteiger partial charge < -0.3 is 9.84 Å². The molecule has 76 valence electrons. The minimum absolute atomic E-state index is 0.0120. The van der Waals surface area contributed by atoms with Gasteiger partial charge in [0.25, 0.3) is 0 Å². The number of aliphatic hydroxyl groups excluding tert-OH is 1. The maximum atomic E-state index is 8.66. The zero-order valence-electron chi connectivity index (χ0n) is 8.03. The summed E-state index contributed by atoms with van der Waals surface area (Å²) in [4.78, 5) is 0. The molecule has 0 unspecified atom stereocenters. The van der Waals surface area contributed by atoms with E-state index in [0.29, 0.717) is 11.6 Å². The lowest BCUT2D eigenvalue weighted by Crippen LogP contribution is -1.93. The molecule has 0 bridgehead atoms. The minimum atomic E-state index is 0.0120. The van der Waals surface area contributed by atoms with Crippen molar-refractivity contribution in [3.63, 3.8) is 0 Å². The van der Waals surface area contributed by atoms with Crippen LogP contribution in [0.4, 0.5) is 0 Å². The van der Waals surface area contributed by atoms with Crippen LogP contribution in [-0.2, 0) is 0 Å². The zero-order chi connectivity index (χ0) is 10.4. The molecule has 0 fully saturated rings. The Hall–Kier alpha value is -0.990. The summed E-state index contributed by atoms with van der Waals surface area (Å²) in [5.41, 5.74) is 0.883. The first-order valence-electron chi connectivity index (χ1n) is 4.47. The fraction of sp³-hybridized carbons (Fsp3) is 0.273. The topological polar surface area (TPSA) is 29.5 Å². The van der Waals surface area contributed by atoms with E-state index >= 15 is 0 Å². The molecule has 1 aromatic carbocycles. The SMILES string of the molecule is CCOc1ccc(Cl)cc1/C=C/CO. The van der Waals surface area contributed by atoms with Crippen LogP contribution in [0.3, 0.4) is 0 Å². The van der Waals surface area contributed by atoms with E-state index in [9.17, 15) is 0 Å². The minimum Gasteiger partial charge on any atom is -0.493 e. The average molecular weight is 213 g/mol. The Bertz CT molecular complexity index is 321. The van der Waals surface area contributed by atoms with E-state index in [2.05, 4.69) is 0 Å². The molecule has 3 heteroatoms. The summed E-state index contributed by atoms with van der Waals surface area (Å²) >= 11 is 5.84. The maximum absolute atomic E-state index is 8.66. The first-order valence-corrected chi connectivity index (χ1v) is 4.85. The molecule has 0 aliphatic carbocycles. The summed E-state index contributed by atoms with van der Waals surface area (Å²) < 4.78 is 5.40. The second kappa shape index (κ2) is 5.68. The van der Waals surface area contributed by atoms with E-state index < -0.39 is 0 Å². The zero-order valence-corrected chi connectivity index (χ0v) is 8.79. The lowest BCUT2D eigenvalue weighted by Gasteiger charge is -2.06. The predicted molar refractivity (Wildman–Crippen MR) is 58.7 cm³/mol. The van der Waals surface area contributed by atoms with Gasteiger partial charge in [0.1, 0.15) is 5.75 Å². The summed E-state index contributed by atoms with van der Waals surface area (Å²) in [5.74, 6) is 0.779. The number of aliphatic hydroxyl groups is 1. The van der Waals surface area contributed by atoms with Gasteiger partial charge in [-0.1, -0.05) is 23.8 Å². The average Bonchev–Trinajstić information content (AvgIpc) is 2.18. The monoisotopic (exact) mass is 212 g/mol. The molecule has 0 atom stereocenters. The fourth-order valence-electron chi connectivity index (χ4n) is 1.12. The lowest BCUT2D eigenvalue weighted by molar-refractivity contribution is 0.339. The third kappa shape index (κ3) is 3.05. The number of hydrogen-bond acceptors (Lipinski definition) is 2. The summed E-state index contributed by atoms with van der Waals surface area (Å²) in [6, 6.07) is 5.41. The molecule has 1 N–H and O–H groups in total. The highest BCUT2D eigenvalue weighted by Crippen LogP contribution is 2.24. The van der Waals surface area contributed by atoms with Gasteiger partial charge >= 0.3 is 0 Å². The quantitative estimate of drug-likeness (QED) is 0.832. The summed E-state index contributed by atoms with van der Waals surface area (Å²) in [5, 5.41) is 9.32. The van der Waals surface area contributed by atoms with Crippen molar-refractivity contribution in [3.05, 3.63) is 34.9 Å². The molecule has 0 radical (unpaired) electrons. The molecule has 0 saturated heterocycles. The Balaban J connectivity index is 2.96. The Kier molecular flexibility index (Phi) is 4.50. The molecule has 1 rings (SSSR count). The molecule has 14 heavy (non-hydrogen) atoms. The van der Waals surface area contributed by atoms with Crippen molar-refractivity contribution in [1.29, 1.82) is 0 Å². The summed E-state index contributed by atoms with van der Waals surface area (Å²) in [6.07, 6.45) is 3.44. The van der Waals surface area contributed by atoms with Crippen LogP contribution in [0.2, 0.25) is 5.02 Å². The van der Waals surface area contributed by atoms with Gasteiger partial charge in [-0.2, -0.15) is 0 Å². The van der Waals surface area contributed by atoms with E-state index in [4.69, 9.17) is 21.4 Å². The van der Waals surface area contributed by atoms with Gasteiger partial charge in [-0.05, 0) is 25.1 Å². The van der Waals surface area contributed by atoms with Crippen LogP contribution in [0.5, 0.6) is 5.75 Å². The molecule has 0 aromatic heterocycles. The van der Waals surface area contributed by atoms with Crippen molar-refractivity contribution in [2.24, 2.45) is 0 Å². The lowest BCUT2D eigenvalue weighted by atomic mass is 10.2. The third-order valence-electron chi connectivity index (χ3n) is 1.67. The molecule has 0 aliphatic heterocycles. The number of rotatable bonds is 4. The van der Waals surface area contributed by atoms with Gasteiger partial charge in [0.15, 0.2) is 0 Å². The van der Waals surface area contributed by atoms with Gasteiger partial charge in [0, 0.05) is 10.6 Å². The smallest absolute Gasteiger partial charge is 0.126 e. The Morgan fingerprint density at radius 3 is 2.93 bits per heavy atom. The summed E-state index contributed by atoms with van der Waals surface area (Å²) in [7, 11) is 0. The number of hydrogen-bond donors (Lipinski definition) is 1. The van der Waals surface area contributed by atoms with Gasteiger partial charge in [-0.3, -0.25) is 0 Å². The van der Waals surface area contributed by atoms with Crippen LogP contribution in [0.1, 0.15) is 12.5 Å². The Morgan fingerprint density at radius 2 is 2.29 bits per heavy atom. The van der Waals surface area contributed by atoms with Crippen molar-refractivity contribution in [3.8, 4) is 5.75 Å². The standard InChI is InChI=1S/C11H13ClO2/c1-2-14-11-6-5-10(12)8-9(11)4-3-7-13/h3-6,8,13H,2,7H2,1H3/b4-3+. The molecule has 2 nitrogen and oxygen atoms in total. The maximum Gasteiger partial charge on any atom is 0.126 e. The van der Waals surface area contributed by atoms with E-state index in [1.807, 2.05) is 13.0 Å². The van der Waals surface area contributed by atoms with Gasteiger partial charge in [0.2, 0.25) is 0 Å². The first-order chi connectivity index (χ1) is 6.77. The van der Waals surface area contributed by atoms with Crippen molar-refractivity contribution < 1.29 is 9.84 Å². The summed E-state index contributed by atoms with van der Waals surface area (Å²) in [6.45, 7) is 2.55. The van der Waals surface area contributed by atoms with Crippen molar-refractivity contribution in [2.75, 3.05) is 13.2 Å². The molecular formula is C11H13ClO2. The first kappa shape index (κ1) is 11.1. The molecular weight excluding hydrogens is 200 g/mol. The number of benzene rings is 1. The highest BCUT2D eigenvalue weighted by molar-refractivity contribution is 6.30. The van der Waals surface area contributed by atoms with Crippen LogP contribution in [-0.4, -0.2) is 18.3 Å². The fourth-order valence-corrected chi connectivity index (χ4v) is 1.30. The molecule has 0 saturated carbocycles. The molecule has 0 heterocycles. The molecule has 1 aromatic rings. The van der Waals surface area contributed by atoms with E-state index in [1.54, 1.807) is 24.3 Å². The Labute approximate surface area is 88.8 Å². The molecule has 0 aliphatic rings. The van der Waals surface area contributed by atoms with Crippen LogP contribution in [0.15, 0.2) is 24.3 Å². The molecule has 0 amide bonds. The van der Waals surface area contributed by atoms with E-state index in [0.717, 1.165) is 11.3 Å². The van der Waals surface area contributed by atoms with E-state index in [1.165, 1.54) is 0 Å². The third-order valence-corrected chi connectivity index (χ3v) is 1.91. The van der Waals surface area contributed by atoms with Crippen LogP contribution >= 0.6 is 11.6 Å².